The lowest BCUT2D eigenvalue weighted by Gasteiger charge is -2.32. The Kier molecular flexibility index (Phi) is 3.76. The van der Waals surface area contributed by atoms with Crippen molar-refractivity contribution in [3.8, 4) is 0 Å². The fourth-order valence-electron chi connectivity index (χ4n) is 1.64. The first kappa shape index (κ1) is 12.9. The van der Waals surface area contributed by atoms with Crippen molar-refractivity contribution in [2.75, 3.05) is 13.1 Å². The molecule has 0 aliphatic carbocycles. The van der Waals surface area contributed by atoms with Gasteiger partial charge >= 0.3 is 0 Å². The topological polar surface area (TPSA) is 75.4 Å². The minimum Gasteiger partial charge on any atom is -0.327 e. The van der Waals surface area contributed by atoms with Crippen molar-refractivity contribution >= 4 is 10.2 Å². The molecule has 1 saturated heterocycles. The third kappa shape index (κ3) is 4.06. The normalized spacial score (nSPS) is 25.5. The van der Waals surface area contributed by atoms with Gasteiger partial charge in [0.05, 0.1) is 0 Å². The molecule has 1 rings (SSSR count). The summed E-state index contributed by atoms with van der Waals surface area (Å²) in [5, 5.41) is 0. The molecule has 0 spiro atoms. The van der Waals surface area contributed by atoms with Crippen LogP contribution in [-0.2, 0) is 10.2 Å². The van der Waals surface area contributed by atoms with E-state index in [-0.39, 0.29) is 6.04 Å². The number of hydrogen-bond donors (Lipinski definition) is 2. The average molecular weight is 235 g/mol. The van der Waals surface area contributed by atoms with Crippen molar-refractivity contribution in [1.82, 2.24) is 9.03 Å². The SMILES string of the molecule is CC(C)(C)NS(=O)(=O)N1CCCC(N)C1. The van der Waals surface area contributed by atoms with Gasteiger partial charge in [-0.15, -0.1) is 0 Å². The first-order valence-corrected chi connectivity index (χ1v) is 6.69. The summed E-state index contributed by atoms with van der Waals surface area (Å²) in [6.07, 6.45) is 1.74. The largest absolute Gasteiger partial charge is 0.327 e. The fourth-order valence-corrected chi connectivity index (χ4v) is 3.30. The quantitative estimate of drug-likeness (QED) is 0.709. The molecule has 0 amide bonds. The van der Waals surface area contributed by atoms with Crippen LogP contribution in [0.4, 0.5) is 0 Å². The van der Waals surface area contributed by atoms with Gasteiger partial charge in [-0.1, -0.05) is 0 Å². The van der Waals surface area contributed by atoms with Gasteiger partial charge in [0.25, 0.3) is 10.2 Å². The van der Waals surface area contributed by atoms with Crippen LogP contribution in [0.25, 0.3) is 0 Å². The highest BCUT2D eigenvalue weighted by Gasteiger charge is 2.30. The zero-order valence-electron chi connectivity index (χ0n) is 9.66. The fraction of sp³-hybridized carbons (Fsp3) is 1.00. The van der Waals surface area contributed by atoms with Gasteiger partial charge in [0.1, 0.15) is 0 Å². The van der Waals surface area contributed by atoms with Crippen LogP contribution in [0.1, 0.15) is 33.6 Å². The van der Waals surface area contributed by atoms with E-state index in [0.717, 1.165) is 12.8 Å². The van der Waals surface area contributed by atoms with Gasteiger partial charge in [-0.05, 0) is 33.6 Å². The molecular formula is C9H21N3O2S. The summed E-state index contributed by atoms with van der Waals surface area (Å²) in [6.45, 7) is 6.47. The summed E-state index contributed by atoms with van der Waals surface area (Å²) >= 11 is 0. The van der Waals surface area contributed by atoms with Crippen LogP contribution in [0, 0.1) is 0 Å². The zero-order chi connectivity index (χ0) is 11.7. The molecule has 90 valence electrons. The van der Waals surface area contributed by atoms with Gasteiger partial charge in [-0.2, -0.15) is 17.4 Å². The van der Waals surface area contributed by atoms with Crippen LogP contribution in [0.3, 0.4) is 0 Å². The Morgan fingerprint density at radius 2 is 2.00 bits per heavy atom. The summed E-state index contributed by atoms with van der Waals surface area (Å²) in [6, 6.07) is -0.0321. The molecular weight excluding hydrogens is 214 g/mol. The van der Waals surface area contributed by atoms with Crippen molar-refractivity contribution in [2.45, 2.75) is 45.2 Å². The Morgan fingerprint density at radius 3 is 2.47 bits per heavy atom. The van der Waals surface area contributed by atoms with E-state index in [9.17, 15) is 8.42 Å². The van der Waals surface area contributed by atoms with Crippen LogP contribution < -0.4 is 10.5 Å². The monoisotopic (exact) mass is 235 g/mol. The van der Waals surface area contributed by atoms with E-state index in [1.54, 1.807) is 0 Å². The van der Waals surface area contributed by atoms with Gasteiger partial charge in [-0.25, -0.2) is 0 Å². The molecule has 5 nitrogen and oxygen atoms in total. The lowest BCUT2D eigenvalue weighted by Crippen LogP contribution is -2.53. The predicted octanol–water partition coefficient (Wildman–Crippen LogP) is 0.0424. The highest BCUT2D eigenvalue weighted by atomic mass is 32.2. The molecule has 1 unspecified atom stereocenters. The van der Waals surface area contributed by atoms with Gasteiger partial charge in [0.15, 0.2) is 0 Å². The summed E-state index contributed by atoms with van der Waals surface area (Å²) in [5.74, 6) is 0. The van der Waals surface area contributed by atoms with E-state index >= 15 is 0 Å². The lowest BCUT2D eigenvalue weighted by molar-refractivity contribution is 0.306. The van der Waals surface area contributed by atoms with Gasteiger partial charge in [-0.3, -0.25) is 0 Å². The highest BCUT2D eigenvalue weighted by molar-refractivity contribution is 7.87. The van der Waals surface area contributed by atoms with Crippen molar-refractivity contribution in [3.05, 3.63) is 0 Å². The second-order valence-electron chi connectivity index (χ2n) is 5.12. The van der Waals surface area contributed by atoms with E-state index in [4.69, 9.17) is 5.73 Å². The summed E-state index contributed by atoms with van der Waals surface area (Å²) < 4.78 is 27.9. The molecule has 6 heteroatoms. The van der Waals surface area contributed by atoms with E-state index in [2.05, 4.69) is 4.72 Å². The Morgan fingerprint density at radius 1 is 1.40 bits per heavy atom. The maximum atomic E-state index is 11.9. The second kappa shape index (κ2) is 4.37. The zero-order valence-corrected chi connectivity index (χ0v) is 10.5. The van der Waals surface area contributed by atoms with Crippen LogP contribution in [0.15, 0.2) is 0 Å². The molecule has 0 radical (unpaired) electrons. The molecule has 0 aromatic rings. The molecule has 15 heavy (non-hydrogen) atoms. The van der Waals surface area contributed by atoms with E-state index in [0.29, 0.717) is 13.1 Å². The summed E-state index contributed by atoms with van der Waals surface area (Å²) in [5.41, 5.74) is 5.31. The molecule has 0 aromatic carbocycles. The molecule has 1 aliphatic rings. The summed E-state index contributed by atoms with van der Waals surface area (Å²) in [7, 11) is -3.37. The molecule has 1 aliphatic heterocycles. The first-order chi connectivity index (χ1) is 6.71. The number of rotatable bonds is 2. The third-order valence-corrected chi connectivity index (χ3v) is 4.08. The van der Waals surface area contributed by atoms with E-state index < -0.39 is 15.7 Å². The van der Waals surface area contributed by atoms with Crippen LogP contribution in [-0.4, -0.2) is 37.4 Å². The number of piperidine rings is 1. The predicted molar refractivity (Wildman–Crippen MR) is 60.6 cm³/mol. The average Bonchev–Trinajstić information content (AvgIpc) is 1.99. The molecule has 0 bridgehead atoms. The number of nitrogens with zero attached hydrogens (tertiary/aromatic N) is 1. The Labute approximate surface area is 92.2 Å². The molecule has 1 fully saturated rings. The minimum atomic E-state index is -3.37. The van der Waals surface area contributed by atoms with Crippen LogP contribution in [0.2, 0.25) is 0 Å². The molecule has 3 N–H and O–H groups in total. The minimum absolute atomic E-state index is 0.0321. The smallest absolute Gasteiger partial charge is 0.279 e. The maximum Gasteiger partial charge on any atom is 0.279 e. The van der Waals surface area contributed by atoms with E-state index in [1.807, 2.05) is 20.8 Å². The highest BCUT2D eigenvalue weighted by Crippen LogP contribution is 2.13. The molecule has 0 aromatic heterocycles. The van der Waals surface area contributed by atoms with Crippen molar-refractivity contribution < 1.29 is 8.42 Å². The van der Waals surface area contributed by atoms with Crippen molar-refractivity contribution in [3.63, 3.8) is 0 Å². The van der Waals surface area contributed by atoms with Crippen LogP contribution >= 0.6 is 0 Å². The lowest BCUT2D eigenvalue weighted by atomic mass is 10.1. The Balaban J connectivity index is 2.69. The number of nitrogens with two attached hydrogens (primary N) is 1. The summed E-state index contributed by atoms with van der Waals surface area (Å²) in [4.78, 5) is 0. The first-order valence-electron chi connectivity index (χ1n) is 5.25. The Hall–Kier alpha value is -0.170. The van der Waals surface area contributed by atoms with Crippen molar-refractivity contribution in [2.24, 2.45) is 5.73 Å². The van der Waals surface area contributed by atoms with Gasteiger partial charge in [0, 0.05) is 24.7 Å². The third-order valence-electron chi connectivity index (χ3n) is 2.20. The van der Waals surface area contributed by atoms with Gasteiger partial charge in [0.2, 0.25) is 0 Å². The van der Waals surface area contributed by atoms with Crippen LogP contribution in [0.5, 0.6) is 0 Å². The van der Waals surface area contributed by atoms with Gasteiger partial charge < -0.3 is 5.73 Å². The molecule has 0 saturated carbocycles. The standard InChI is InChI=1S/C9H21N3O2S/c1-9(2,3)11-15(13,14)12-6-4-5-8(10)7-12/h8,11H,4-7,10H2,1-3H3. The molecule has 1 heterocycles. The van der Waals surface area contributed by atoms with E-state index in [1.165, 1.54) is 4.31 Å². The number of hydrogen-bond acceptors (Lipinski definition) is 3. The number of nitrogens with one attached hydrogen (secondary N) is 1. The Bertz CT molecular complexity index is 308. The van der Waals surface area contributed by atoms with Crippen molar-refractivity contribution in [1.29, 1.82) is 0 Å². The second-order valence-corrected chi connectivity index (χ2v) is 6.79. The maximum absolute atomic E-state index is 11.9. The molecule has 1 atom stereocenters.